The SMILES string of the molecule is Cc1ccc(/C=C\CCCCO[Si](C)(C)C(C)(C)C)cc1. The van der Waals surface area contributed by atoms with Crippen molar-refractivity contribution in [2.45, 2.75) is 65.1 Å². The molecule has 0 atom stereocenters. The molecule has 0 aliphatic carbocycles. The van der Waals surface area contributed by atoms with Crippen LogP contribution < -0.4 is 0 Å². The zero-order valence-corrected chi connectivity index (χ0v) is 15.7. The second kappa shape index (κ2) is 7.95. The van der Waals surface area contributed by atoms with Gasteiger partial charge < -0.3 is 4.43 Å². The molecule has 2 heteroatoms. The lowest BCUT2D eigenvalue weighted by atomic mass is 10.1. The van der Waals surface area contributed by atoms with E-state index in [2.05, 4.69) is 77.2 Å². The summed E-state index contributed by atoms with van der Waals surface area (Å²) < 4.78 is 6.19. The Kier molecular flexibility index (Phi) is 6.89. The van der Waals surface area contributed by atoms with Crippen LogP contribution in [0, 0.1) is 6.92 Å². The molecule has 0 saturated carbocycles. The van der Waals surface area contributed by atoms with Crippen molar-refractivity contribution in [2.24, 2.45) is 0 Å². The molecule has 0 aliphatic heterocycles. The summed E-state index contributed by atoms with van der Waals surface area (Å²) >= 11 is 0. The number of aryl methyl sites for hydroxylation is 1. The minimum atomic E-state index is -1.55. The number of allylic oxidation sites excluding steroid dienone is 1. The lowest BCUT2D eigenvalue weighted by Gasteiger charge is -2.36. The molecular formula is C19H32OSi. The third-order valence-electron chi connectivity index (χ3n) is 4.42. The molecule has 21 heavy (non-hydrogen) atoms. The molecule has 0 fully saturated rings. The van der Waals surface area contributed by atoms with Gasteiger partial charge in [0.25, 0.3) is 0 Å². The first-order chi connectivity index (χ1) is 9.72. The highest BCUT2D eigenvalue weighted by atomic mass is 28.4. The molecule has 0 unspecified atom stereocenters. The van der Waals surface area contributed by atoms with Gasteiger partial charge in [0.1, 0.15) is 0 Å². The fourth-order valence-corrected chi connectivity index (χ4v) is 2.89. The van der Waals surface area contributed by atoms with Crippen molar-refractivity contribution >= 4 is 14.4 Å². The van der Waals surface area contributed by atoms with E-state index in [1.165, 1.54) is 17.5 Å². The molecule has 0 aliphatic rings. The van der Waals surface area contributed by atoms with Gasteiger partial charge in [-0.3, -0.25) is 0 Å². The molecule has 0 amide bonds. The molecule has 0 N–H and O–H groups in total. The van der Waals surface area contributed by atoms with Crippen molar-refractivity contribution in [3.63, 3.8) is 0 Å². The third-order valence-corrected chi connectivity index (χ3v) is 8.96. The summed E-state index contributed by atoms with van der Waals surface area (Å²) in [5, 5.41) is 0.318. The van der Waals surface area contributed by atoms with Crippen molar-refractivity contribution in [1.82, 2.24) is 0 Å². The van der Waals surface area contributed by atoms with Crippen LogP contribution in [0.15, 0.2) is 30.3 Å². The third kappa shape index (κ3) is 6.62. The van der Waals surface area contributed by atoms with Crippen LogP contribution in [0.25, 0.3) is 6.08 Å². The highest BCUT2D eigenvalue weighted by Crippen LogP contribution is 2.36. The number of unbranched alkanes of at least 4 members (excludes halogenated alkanes) is 2. The summed E-state index contributed by atoms with van der Waals surface area (Å²) in [5.41, 5.74) is 2.60. The van der Waals surface area contributed by atoms with E-state index in [0.29, 0.717) is 5.04 Å². The zero-order chi connectivity index (χ0) is 15.9. The van der Waals surface area contributed by atoms with E-state index in [4.69, 9.17) is 4.43 Å². The predicted octanol–water partition coefficient (Wildman–Crippen LogP) is 6.20. The van der Waals surface area contributed by atoms with Gasteiger partial charge in [0.05, 0.1) is 0 Å². The van der Waals surface area contributed by atoms with Crippen LogP contribution >= 0.6 is 0 Å². The minimum absolute atomic E-state index is 0.318. The van der Waals surface area contributed by atoms with Gasteiger partial charge in [-0.1, -0.05) is 62.8 Å². The first-order valence-electron chi connectivity index (χ1n) is 8.09. The standard InChI is InChI=1S/C19H32OSi/c1-17-12-14-18(15-13-17)11-9-7-8-10-16-20-21(5,6)19(2,3)4/h9,11-15H,7-8,10,16H2,1-6H3/b11-9-. The topological polar surface area (TPSA) is 9.23 Å². The highest BCUT2D eigenvalue weighted by molar-refractivity contribution is 6.74. The van der Waals surface area contributed by atoms with E-state index < -0.39 is 8.32 Å². The maximum atomic E-state index is 6.19. The molecule has 1 aromatic carbocycles. The Hall–Kier alpha value is -0.863. The number of hydrogen-bond acceptors (Lipinski definition) is 1. The van der Waals surface area contributed by atoms with E-state index >= 15 is 0 Å². The number of rotatable bonds is 7. The maximum absolute atomic E-state index is 6.19. The molecule has 1 rings (SSSR count). The molecule has 1 nitrogen and oxygen atoms in total. The average Bonchev–Trinajstić information content (AvgIpc) is 2.38. The normalized spacial score (nSPS) is 13.0. The van der Waals surface area contributed by atoms with E-state index in [9.17, 15) is 0 Å². The van der Waals surface area contributed by atoms with E-state index in [-0.39, 0.29) is 0 Å². The zero-order valence-electron chi connectivity index (χ0n) is 14.7. The fraction of sp³-hybridized carbons (Fsp3) is 0.579. The van der Waals surface area contributed by atoms with Gasteiger partial charge in [-0.2, -0.15) is 0 Å². The van der Waals surface area contributed by atoms with Gasteiger partial charge in [0, 0.05) is 6.61 Å². The Labute approximate surface area is 132 Å². The Balaban J connectivity index is 2.19. The van der Waals surface area contributed by atoms with Crippen LogP contribution in [0.3, 0.4) is 0 Å². The monoisotopic (exact) mass is 304 g/mol. The van der Waals surface area contributed by atoms with Crippen LogP contribution in [0.1, 0.15) is 51.2 Å². The van der Waals surface area contributed by atoms with E-state index in [0.717, 1.165) is 19.4 Å². The van der Waals surface area contributed by atoms with Gasteiger partial charge in [-0.15, -0.1) is 0 Å². The average molecular weight is 305 g/mol. The molecule has 0 spiro atoms. The Morgan fingerprint density at radius 1 is 1.05 bits per heavy atom. The summed E-state index contributed by atoms with van der Waals surface area (Å²) in [6.45, 7) is 14.6. The summed E-state index contributed by atoms with van der Waals surface area (Å²) in [7, 11) is -1.55. The van der Waals surface area contributed by atoms with Crippen LogP contribution in [-0.2, 0) is 4.43 Å². The van der Waals surface area contributed by atoms with Gasteiger partial charge >= 0.3 is 0 Å². The highest BCUT2D eigenvalue weighted by Gasteiger charge is 2.36. The van der Waals surface area contributed by atoms with Crippen LogP contribution in [0.4, 0.5) is 0 Å². The smallest absolute Gasteiger partial charge is 0.191 e. The molecule has 0 aromatic heterocycles. The molecule has 0 bridgehead atoms. The van der Waals surface area contributed by atoms with Crippen molar-refractivity contribution < 1.29 is 4.43 Å². The number of hydrogen-bond donors (Lipinski definition) is 0. The molecule has 0 heterocycles. The fourth-order valence-electron chi connectivity index (χ4n) is 1.81. The lowest BCUT2D eigenvalue weighted by molar-refractivity contribution is 0.279. The minimum Gasteiger partial charge on any atom is -0.417 e. The lowest BCUT2D eigenvalue weighted by Crippen LogP contribution is -2.40. The van der Waals surface area contributed by atoms with Gasteiger partial charge in [0.15, 0.2) is 8.32 Å². The van der Waals surface area contributed by atoms with Crippen LogP contribution in [0.2, 0.25) is 18.1 Å². The number of benzene rings is 1. The Morgan fingerprint density at radius 2 is 1.67 bits per heavy atom. The summed E-state index contributed by atoms with van der Waals surface area (Å²) in [5.74, 6) is 0. The first kappa shape index (κ1) is 18.2. The second-order valence-electron chi connectivity index (χ2n) is 7.42. The Bertz CT molecular complexity index is 438. The van der Waals surface area contributed by atoms with Gasteiger partial charge in [-0.25, -0.2) is 0 Å². The summed E-state index contributed by atoms with van der Waals surface area (Å²) in [6, 6.07) is 8.66. The summed E-state index contributed by atoms with van der Waals surface area (Å²) in [4.78, 5) is 0. The quantitative estimate of drug-likeness (QED) is 0.430. The van der Waals surface area contributed by atoms with Crippen molar-refractivity contribution in [3.05, 3.63) is 41.5 Å². The van der Waals surface area contributed by atoms with E-state index in [1.54, 1.807) is 0 Å². The Morgan fingerprint density at radius 3 is 2.24 bits per heavy atom. The summed E-state index contributed by atoms with van der Waals surface area (Å²) in [6.07, 6.45) is 7.99. The van der Waals surface area contributed by atoms with Crippen molar-refractivity contribution in [1.29, 1.82) is 0 Å². The predicted molar refractivity (Wildman–Crippen MR) is 97.2 cm³/mol. The molecular weight excluding hydrogens is 272 g/mol. The van der Waals surface area contributed by atoms with Gasteiger partial charge in [0.2, 0.25) is 0 Å². The van der Waals surface area contributed by atoms with Crippen LogP contribution in [0.5, 0.6) is 0 Å². The van der Waals surface area contributed by atoms with E-state index in [1.807, 2.05) is 0 Å². The largest absolute Gasteiger partial charge is 0.417 e. The molecule has 0 saturated heterocycles. The van der Waals surface area contributed by atoms with Crippen molar-refractivity contribution in [3.8, 4) is 0 Å². The second-order valence-corrected chi connectivity index (χ2v) is 12.2. The molecule has 1 aromatic rings. The maximum Gasteiger partial charge on any atom is 0.191 e. The van der Waals surface area contributed by atoms with Crippen LogP contribution in [-0.4, -0.2) is 14.9 Å². The van der Waals surface area contributed by atoms with Crippen molar-refractivity contribution in [2.75, 3.05) is 6.61 Å². The molecule has 118 valence electrons. The first-order valence-corrected chi connectivity index (χ1v) is 11.0. The van der Waals surface area contributed by atoms with Gasteiger partial charge in [-0.05, 0) is 49.9 Å². The molecule has 0 radical (unpaired) electrons.